The van der Waals surface area contributed by atoms with Crippen LogP contribution >= 0.6 is 0 Å². The first-order chi connectivity index (χ1) is 8.16. The largest absolute Gasteiger partial charge is 0.399 e. The molecule has 88 valence electrons. The molecule has 0 aromatic carbocycles. The lowest BCUT2D eigenvalue weighted by atomic mass is 10.3. The van der Waals surface area contributed by atoms with Crippen LogP contribution in [0, 0.1) is 0 Å². The Balaban J connectivity index is 2.01. The Morgan fingerprint density at radius 3 is 2.94 bits per heavy atom. The highest BCUT2D eigenvalue weighted by molar-refractivity contribution is 5.92. The average Bonchev–Trinajstić information content (AvgIpc) is 2.72. The SMILES string of the molecule is Cn1nccc1CNC(=O)c1cc(N)ccn1. The van der Waals surface area contributed by atoms with Crippen LogP contribution in [0.1, 0.15) is 16.2 Å². The lowest BCUT2D eigenvalue weighted by Crippen LogP contribution is -2.25. The van der Waals surface area contributed by atoms with E-state index in [1.165, 1.54) is 6.20 Å². The van der Waals surface area contributed by atoms with Crippen molar-refractivity contribution in [2.24, 2.45) is 7.05 Å². The summed E-state index contributed by atoms with van der Waals surface area (Å²) in [6.07, 6.45) is 3.19. The van der Waals surface area contributed by atoms with E-state index >= 15 is 0 Å². The molecule has 3 N–H and O–H groups in total. The van der Waals surface area contributed by atoms with E-state index in [0.717, 1.165) is 5.69 Å². The maximum absolute atomic E-state index is 11.7. The van der Waals surface area contributed by atoms with Crippen molar-refractivity contribution in [1.29, 1.82) is 0 Å². The molecule has 0 aliphatic carbocycles. The molecule has 0 aliphatic heterocycles. The number of carbonyl (C=O) groups excluding carboxylic acids is 1. The predicted octanol–water partition coefficient (Wildman–Crippen LogP) is 0.327. The molecule has 1 amide bonds. The van der Waals surface area contributed by atoms with Crippen molar-refractivity contribution in [3.63, 3.8) is 0 Å². The van der Waals surface area contributed by atoms with Gasteiger partial charge in [-0.3, -0.25) is 14.5 Å². The summed E-state index contributed by atoms with van der Waals surface area (Å²) in [6, 6.07) is 5.02. The monoisotopic (exact) mass is 231 g/mol. The number of anilines is 1. The highest BCUT2D eigenvalue weighted by Gasteiger charge is 2.07. The molecule has 0 bridgehead atoms. The Labute approximate surface area is 98.5 Å². The standard InChI is InChI=1S/C11H13N5O/c1-16-9(3-5-15-16)7-14-11(17)10-6-8(12)2-4-13-10/h2-6H,7H2,1H3,(H2,12,13)(H,14,17). The van der Waals surface area contributed by atoms with Crippen LogP contribution in [0.4, 0.5) is 5.69 Å². The number of hydrogen-bond donors (Lipinski definition) is 2. The molecule has 0 radical (unpaired) electrons. The van der Waals surface area contributed by atoms with Gasteiger partial charge in [-0.2, -0.15) is 5.10 Å². The van der Waals surface area contributed by atoms with Crippen LogP contribution in [0.5, 0.6) is 0 Å². The molecule has 6 heteroatoms. The number of nitrogens with two attached hydrogens (primary N) is 1. The molecule has 17 heavy (non-hydrogen) atoms. The second kappa shape index (κ2) is 4.65. The smallest absolute Gasteiger partial charge is 0.270 e. The Morgan fingerprint density at radius 1 is 1.47 bits per heavy atom. The van der Waals surface area contributed by atoms with E-state index in [-0.39, 0.29) is 5.91 Å². The topological polar surface area (TPSA) is 85.8 Å². The Hall–Kier alpha value is -2.37. The summed E-state index contributed by atoms with van der Waals surface area (Å²) >= 11 is 0. The maximum Gasteiger partial charge on any atom is 0.270 e. The Kier molecular flexibility index (Phi) is 3.04. The number of rotatable bonds is 3. The minimum atomic E-state index is -0.251. The minimum Gasteiger partial charge on any atom is -0.399 e. The van der Waals surface area contributed by atoms with E-state index in [0.29, 0.717) is 17.9 Å². The van der Waals surface area contributed by atoms with Crippen LogP contribution in [-0.4, -0.2) is 20.7 Å². The lowest BCUT2D eigenvalue weighted by Gasteiger charge is -2.05. The van der Waals surface area contributed by atoms with Crippen molar-refractivity contribution in [2.75, 3.05) is 5.73 Å². The molecule has 0 saturated heterocycles. The molecule has 0 fully saturated rings. The first-order valence-corrected chi connectivity index (χ1v) is 5.13. The highest BCUT2D eigenvalue weighted by atomic mass is 16.1. The van der Waals surface area contributed by atoms with Gasteiger partial charge < -0.3 is 11.1 Å². The van der Waals surface area contributed by atoms with Crippen molar-refractivity contribution in [3.05, 3.63) is 42.0 Å². The number of pyridine rings is 1. The summed E-state index contributed by atoms with van der Waals surface area (Å²) in [5.74, 6) is -0.251. The van der Waals surface area contributed by atoms with Gasteiger partial charge in [-0.25, -0.2) is 0 Å². The van der Waals surface area contributed by atoms with E-state index < -0.39 is 0 Å². The van der Waals surface area contributed by atoms with Gasteiger partial charge in [0.2, 0.25) is 0 Å². The molecule has 0 spiro atoms. The molecule has 0 atom stereocenters. The molecular formula is C11H13N5O. The van der Waals surface area contributed by atoms with Gasteiger partial charge in [0, 0.05) is 25.1 Å². The third-order valence-corrected chi connectivity index (χ3v) is 2.37. The van der Waals surface area contributed by atoms with Crippen LogP contribution in [0.3, 0.4) is 0 Å². The summed E-state index contributed by atoms with van der Waals surface area (Å²) in [6.45, 7) is 0.409. The zero-order valence-electron chi connectivity index (χ0n) is 9.42. The maximum atomic E-state index is 11.7. The number of hydrogen-bond acceptors (Lipinski definition) is 4. The number of amides is 1. The quantitative estimate of drug-likeness (QED) is 0.797. The fourth-order valence-corrected chi connectivity index (χ4v) is 1.41. The van der Waals surface area contributed by atoms with Crippen molar-refractivity contribution in [2.45, 2.75) is 6.54 Å². The van der Waals surface area contributed by atoms with E-state index in [1.807, 2.05) is 13.1 Å². The van der Waals surface area contributed by atoms with E-state index in [1.54, 1.807) is 23.0 Å². The van der Waals surface area contributed by atoms with E-state index in [4.69, 9.17) is 5.73 Å². The number of carbonyl (C=O) groups is 1. The molecule has 2 aromatic rings. The number of nitrogens with zero attached hydrogens (tertiary/aromatic N) is 3. The van der Waals surface area contributed by atoms with Crippen molar-refractivity contribution in [1.82, 2.24) is 20.1 Å². The van der Waals surface area contributed by atoms with Gasteiger partial charge in [0.1, 0.15) is 5.69 Å². The number of aromatic nitrogens is 3. The third-order valence-electron chi connectivity index (χ3n) is 2.37. The van der Waals surface area contributed by atoms with Crippen molar-refractivity contribution in [3.8, 4) is 0 Å². The van der Waals surface area contributed by atoms with Gasteiger partial charge in [0.15, 0.2) is 0 Å². The van der Waals surface area contributed by atoms with Crippen LogP contribution in [-0.2, 0) is 13.6 Å². The van der Waals surface area contributed by atoms with Crippen LogP contribution in [0.15, 0.2) is 30.6 Å². The van der Waals surface area contributed by atoms with Crippen LogP contribution < -0.4 is 11.1 Å². The molecule has 0 saturated carbocycles. The molecule has 2 rings (SSSR count). The first-order valence-electron chi connectivity index (χ1n) is 5.13. The van der Waals surface area contributed by atoms with Gasteiger partial charge in [0.25, 0.3) is 5.91 Å². The van der Waals surface area contributed by atoms with Crippen molar-refractivity contribution >= 4 is 11.6 Å². The second-order valence-corrected chi connectivity index (χ2v) is 3.60. The van der Waals surface area contributed by atoms with E-state index in [2.05, 4.69) is 15.4 Å². The van der Waals surface area contributed by atoms with Crippen molar-refractivity contribution < 1.29 is 4.79 Å². The van der Waals surface area contributed by atoms with Gasteiger partial charge in [-0.15, -0.1) is 0 Å². The summed E-state index contributed by atoms with van der Waals surface area (Å²) in [7, 11) is 1.82. The zero-order valence-corrected chi connectivity index (χ0v) is 9.42. The minimum absolute atomic E-state index is 0.251. The average molecular weight is 231 g/mol. The van der Waals surface area contributed by atoms with Crippen LogP contribution in [0.25, 0.3) is 0 Å². The summed E-state index contributed by atoms with van der Waals surface area (Å²) in [5.41, 5.74) is 7.33. The second-order valence-electron chi connectivity index (χ2n) is 3.60. The fourth-order valence-electron chi connectivity index (χ4n) is 1.41. The number of nitrogen functional groups attached to an aromatic ring is 1. The van der Waals surface area contributed by atoms with Gasteiger partial charge in [-0.05, 0) is 18.2 Å². The van der Waals surface area contributed by atoms with Crippen LogP contribution in [0.2, 0.25) is 0 Å². The zero-order chi connectivity index (χ0) is 12.3. The fraction of sp³-hybridized carbons (Fsp3) is 0.182. The summed E-state index contributed by atoms with van der Waals surface area (Å²) in [5, 5.41) is 6.76. The van der Waals surface area contributed by atoms with Gasteiger partial charge >= 0.3 is 0 Å². The lowest BCUT2D eigenvalue weighted by molar-refractivity contribution is 0.0945. The van der Waals surface area contributed by atoms with Gasteiger partial charge in [-0.1, -0.05) is 0 Å². The number of aryl methyl sites for hydroxylation is 1. The van der Waals surface area contributed by atoms with Gasteiger partial charge in [0.05, 0.1) is 12.2 Å². The Bertz CT molecular complexity index is 534. The molecular weight excluding hydrogens is 218 g/mol. The van der Waals surface area contributed by atoms with E-state index in [9.17, 15) is 4.79 Å². The highest BCUT2D eigenvalue weighted by Crippen LogP contribution is 2.03. The summed E-state index contributed by atoms with van der Waals surface area (Å²) < 4.78 is 1.70. The molecule has 2 aromatic heterocycles. The predicted molar refractivity (Wildman–Crippen MR) is 63.0 cm³/mol. The Morgan fingerprint density at radius 2 is 2.29 bits per heavy atom. The normalized spacial score (nSPS) is 10.2. The third kappa shape index (κ3) is 2.60. The molecule has 2 heterocycles. The molecule has 0 aliphatic rings. The first kappa shape index (κ1) is 11.1. The molecule has 6 nitrogen and oxygen atoms in total. The number of nitrogens with one attached hydrogen (secondary N) is 1. The summed E-state index contributed by atoms with van der Waals surface area (Å²) in [4.78, 5) is 15.7. The molecule has 0 unspecified atom stereocenters.